The number of nitrogens with one attached hydrogen (secondary N) is 2. The molecule has 1 heterocycles. The number of likely N-dealkylation sites (tertiary alicyclic amines) is 1. The molecule has 18 heavy (non-hydrogen) atoms. The summed E-state index contributed by atoms with van der Waals surface area (Å²) in [5.41, 5.74) is 0. The van der Waals surface area contributed by atoms with Gasteiger partial charge in [0.05, 0.1) is 0 Å². The Morgan fingerprint density at radius 3 is 2.72 bits per heavy atom. The highest BCUT2D eigenvalue weighted by atomic mass is 32.1. The molecule has 0 radical (unpaired) electrons. The van der Waals surface area contributed by atoms with Gasteiger partial charge in [-0.25, -0.2) is 0 Å². The number of hydrogen-bond donors (Lipinski definition) is 2. The topological polar surface area (TPSA) is 53.6 Å². The van der Waals surface area contributed by atoms with Crippen molar-refractivity contribution in [3.63, 3.8) is 0 Å². The van der Waals surface area contributed by atoms with E-state index in [1.807, 2.05) is 11.8 Å². The molecule has 0 saturated carbocycles. The molecule has 1 unspecified atom stereocenters. The van der Waals surface area contributed by atoms with E-state index in [9.17, 15) is 4.79 Å². The smallest absolute Gasteiger partial charge is 0.244 e. The first-order valence-corrected chi connectivity index (χ1v) is 6.88. The predicted molar refractivity (Wildman–Crippen MR) is 75.5 cm³/mol. The number of carbonyl (C=O) groups excluding carboxylic acids is 1. The van der Waals surface area contributed by atoms with Gasteiger partial charge in [0, 0.05) is 33.4 Å². The van der Waals surface area contributed by atoms with Gasteiger partial charge in [0.1, 0.15) is 6.04 Å². The Kier molecular flexibility index (Phi) is 6.97. The van der Waals surface area contributed by atoms with Crippen LogP contribution in [0.4, 0.5) is 0 Å². The summed E-state index contributed by atoms with van der Waals surface area (Å²) in [6.07, 6.45) is 3.11. The fourth-order valence-electron chi connectivity index (χ4n) is 1.94. The quantitative estimate of drug-likeness (QED) is 0.545. The number of methoxy groups -OCH3 is 1. The molecule has 1 aliphatic heterocycles. The van der Waals surface area contributed by atoms with Crippen molar-refractivity contribution in [2.45, 2.75) is 32.2 Å². The zero-order valence-electron chi connectivity index (χ0n) is 11.2. The minimum atomic E-state index is -0.259. The minimum absolute atomic E-state index is 0.133. The molecule has 1 amide bonds. The van der Waals surface area contributed by atoms with Gasteiger partial charge in [-0.05, 0) is 38.4 Å². The number of hydrogen-bond acceptors (Lipinski definition) is 3. The van der Waals surface area contributed by atoms with Crippen LogP contribution in [0.25, 0.3) is 0 Å². The van der Waals surface area contributed by atoms with Crippen molar-refractivity contribution in [2.24, 2.45) is 0 Å². The monoisotopic (exact) mass is 273 g/mol. The van der Waals surface area contributed by atoms with Crippen molar-refractivity contribution < 1.29 is 9.53 Å². The van der Waals surface area contributed by atoms with Crippen LogP contribution in [0.2, 0.25) is 0 Å². The normalized spacial score (nSPS) is 16.4. The van der Waals surface area contributed by atoms with E-state index >= 15 is 0 Å². The number of carbonyl (C=O) groups is 1. The number of rotatable bonds is 6. The lowest BCUT2D eigenvalue weighted by Crippen LogP contribution is -2.49. The first-order valence-electron chi connectivity index (χ1n) is 6.47. The summed E-state index contributed by atoms with van der Waals surface area (Å²) in [7, 11) is 1.67. The van der Waals surface area contributed by atoms with Gasteiger partial charge in [-0.15, -0.1) is 0 Å². The van der Waals surface area contributed by atoms with Crippen LogP contribution in [-0.2, 0) is 9.53 Å². The zero-order valence-corrected chi connectivity index (χ0v) is 12.0. The Morgan fingerprint density at radius 2 is 2.11 bits per heavy atom. The molecule has 104 valence electrons. The van der Waals surface area contributed by atoms with Gasteiger partial charge < -0.3 is 20.3 Å². The van der Waals surface area contributed by atoms with Gasteiger partial charge in [0.15, 0.2) is 5.11 Å². The number of amides is 1. The second kappa shape index (κ2) is 8.26. The number of thiocarbonyl (C=S) groups is 1. The summed E-state index contributed by atoms with van der Waals surface area (Å²) in [5, 5.41) is 6.62. The van der Waals surface area contributed by atoms with Gasteiger partial charge in [-0.1, -0.05) is 0 Å². The molecule has 0 aromatic heterocycles. The molecule has 0 aromatic rings. The molecule has 1 rings (SSSR count). The molecule has 0 aliphatic carbocycles. The van der Waals surface area contributed by atoms with Crippen molar-refractivity contribution in [3.05, 3.63) is 0 Å². The largest absolute Gasteiger partial charge is 0.385 e. The van der Waals surface area contributed by atoms with Crippen molar-refractivity contribution >= 4 is 23.2 Å². The van der Waals surface area contributed by atoms with Crippen LogP contribution in [0, 0.1) is 0 Å². The van der Waals surface area contributed by atoms with E-state index in [2.05, 4.69) is 10.6 Å². The first-order chi connectivity index (χ1) is 8.65. The molecule has 0 bridgehead atoms. The Hall–Kier alpha value is -0.880. The Bertz CT molecular complexity index is 280. The van der Waals surface area contributed by atoms with Crippen molar-refractivity contribution in [3.8, 4) is 0 Å². The van der Waals surface area contributed by atoms with Crippen LogP contribution in [-0.4, -0.2) is 55.3 Å². The van der Waals surface area contributed by atoms with Gasteiger partial charge in [-0.3, -0.25) is 4.79 Å². The molecule has 1 saturated heterocycles. The summed E-state index contributed by atoms with van der Waals surface area (Å²) < 4.78 is 4.95. The van der Waals surface area contributed by atoms with E-state index in [-0.39, 0.29) is 11.9 Å². The van der Waals surface area contributed by atoms with E-state index in [0.717, 1.165) is 38.9 Å². The molecule has 2 N–H and O–H groups in total. The second-order valence-electron chi connectivity index (χ2n) is 4.50. The molecule has 6 heteroatoms. The minimum Gasteiger partial charge on any atom is -0.385 e. The molecule has 0 spiro atoms. The van der Waals surface area contributed by atoms with Gasteiger partial charge in [0.2, 0.25) is 5.91 Å². The van der Waals surface area contributed by atoms with E-state index in [0.29, 0.717) is 11.7 Å². The van der Waals surface area contributed by atoms with Crippen LogP contribution in [0.5, 0.6) is 0 Å². The molecule has 1 aliphatic rings. The summed E-state index contributed by atoms with van der Waals surface area (Å²) in [4.78, 5) is 13.9. The van der Waals surface area contributed by atoms with Crippen LogP contribution in [0.3, 0.4) is 0 Å². The van der Waals surface area contributed by atoms with Crippen molar-refractivity contribution in [2.75, 3.05) is 33.4 Å². The van der Waals surface area contributed by atoms with Crippen LogP contribution in [0.1, 0.15) is 26.2 Å². The molecule has 0 aromatic carbocycles. The van der Waals surface area contributed by atoms with E-state index in [4.69, 9.17) is 17.0 Å². The van der Waals surface area contributed by atoms with Crippen LogP contribution < -0.4 is 10.6 Å². The van der Waals surface area contributed by atoms with Gasteiger partial charge in [-0.2, -0.15) is 0 Å². The first kappa shape index (κ1) is 15.2. The second-order valence-corrected chi connectivity index (χ2v) is 4.91. The number of nitrogens with zero attached hydrogens (tertiary/aromatic N) is 1. The average Bonchev–Trinajstić information content (AvgIpc) is 2.87. The Balaban J connectivity index is 2.19. The molecule has 1 fully saturated rings. The Morgan fingerprint density at radius 1 is 1.44 bits per heavy atom. The maximum atomic E-state index is 12.0. The summed E-state index contributed by atoms with van der Waals surface area (Å²) in [6.45, 7) is 5.06. The average molecular weight is 273 g/mol. The van der Waals surface area contributed by atoms with Crippen molar-refractivity contribution in [1.82, 2.24) is 15.5 Å². The fourth-order valence-corrected chi connectivity index (χ4v) is 2.22. The van der Waals surface area contributed by atoms with Crippen LogP contribution in [0.15, 0.2) is 0 Å². The highest BCUT2D eigenvalue weighted by molar-refractivity contribution is 7.80. The summed E-state index contributed by atoms with van der Waals surface area (Å²) in [6, 6.07) is -0.259. The third-order valence-corrected chi connectivity index (χ3v) is 3.21. The van der Waals surface area contributed by atoms with Crippen molar-refractivity contribution in [1.29, 1.82) is 0 Å². The lowest BCUT2D eigenvalue weighted by molar-refractivity contribution is -0.131. The lowest BCUT2D eigenvalue weighted by atomic mass is 10.3. The SMILES string of the molecule is COCCCNC(=S)NC(C)C(=O)N1CCCC1. The summed E-state index contributed by atoms with van der Waals surface area (Å²) >= 11 is 5.14. The summed E-state index contributed by atoms with van der Waals surface area (Å²) in [5.74, 6) is 0.133. The Labute approximate surface area is 114 Å². The lowest BCUT2D eigenvalue weighted by Gasteiger charge is -2.22. The zero-order chi connectivity index (χ0) is 13.4. The van der Waals surface area contributed by atoms with E-state index in [1.165, 1.54) is 0 Å². The molecule has 5 nitrogen and oxygen atoms in total. The number of ether oxygens (including phenoxy) is 1. The van der Waals surface area contributed by atoms with Gasteiger partial charge >= 0.3 is 0 Å². The highest BCUT2D eigenvalue weighted by Crippen LogP contribution is 2.08. The predicted octanol–water partition coefficient (Wildman–Crippen LogP) is 0.498. The van der Waals surface area contributed by atoms with E-state index < -0.39 is 0 Å². The fraction of sp³-hybridized carbons (Fsp3) is 0.833. The maximum Gasteiger partial charge on any atom is 0.244 e. The molecular formula is C12H23N3O2S. The standard InChI is InChI=1S/C12H23N3O2S/c1-10(11(16)15-7-3-4-8-15)14-12(18)13-6-5-9-17-2/h10H,3-9H2,1-2H3,(H2,13,14,18). The van der Waals surface area contributed by atoms with E-state index in [1.54, 1.807) is 7.11 Å². The maximum absolute atomic E-state index is 12.0. The highest BCUT2D eigenvalue weighted by Gasteiger charge is 2.23. The van der Waals surface area contributed by atoms with Gasteiger partial charge in [0.25, 0.3) is 0 Å². The van der Waals surface area contributed by atoms with Crippen LogP contribution >= 0.6 is 12.2 Å². The third kappa shape index (κ3) is 5.18. The molecular weight excluding hydrogens is 250 g/mol. The molecule has 1 atom stereocenters. The third-order valence-electron chi connectivity index (χ3n) is 2.95.